The highest BCUT2D eigenvalue weighted by Gasteiger charge is 2.24. The second-order valence-electron chi connectivity index (χ2n) is 5.89. The normalized spacial score (nSPS) is 18.0. The van der Waals surface area contributed by atoms with E-state index >= 15 is 0 Å². The van der Waals surface area contributed by atoms with Gasteiger partial charge in [-0.1, -0.05) is 0 Å². The van der Waals surface area contributed by atoms with E-state index in [1.807, 2.05) is 18.5 Å². The lowest BCUT2D eigenvalue weighted by atomic mass is 10.1. The van der Waals surface area contributed by atoms with Gasteiger partial charge in [0.25, 0.3) is 0 Å². The zero-order valence-corrected chi connectivity index (χ0v) is 12.7. The number of nitrogens with zero attached hydrogens (tertiary/aromatic N) is 4. The number of H-pyrrole nitrogens is 1. The van der Waals surface area contributed by atoms with Crippen LogP contribution in [0.5, 0.6) is 0 Å². The number of hydrogen-bond donors (Lipinski definition) is 3. The molecule has 1 aliphatic heterocycles. The van der Waals surface area contributed by atoms with Gasteiger partial charge >= 0.3 is 0 Å². The summed E-state index contributed by atoms with van der Waals surface area (Å²) in [6.07, 6.45) is 6.56. The van der Waals surface area contributed by atoms with E-state index in [1.54, 1.807) is 6.20 Å². The molecule has 1 fully saturated rings. The highest BCUT2D eigenvalue weighted by molar-refractivity contribution is 6.02. The Kier molecular flexibility index (Phi) is 3.34. The number of aromatic nitrogens is 4. The van der Waals surface area contributed by atoms with Crippen molar-refractivity contribution in [2.45, 2.75) is 6.42 Å². The van der Waals surface area contributed by atoms with E-state index in [2.05, 4.69) is 30.9 Å². The van der Waals surface area contributed by atoms with Crippen LogP contribution < -0.4 is 16.4 Å². The van der Waals surface area contributed by atoms with Gasteiger partial charge in [0.05, 0.1) is 11.1 Å². The number of nitrogens with two attached hydrogens (primary N) is 2. The van der Waals surface area contributed by atoms with Crippen LogP contribution in [0.1, 0.15) is 6.42 Å². The first-order chi connectivity index (χ1) is 11.3. The van der Waals surface area contributed by atoms with Gasteiger partial charge in [-0.3, -0.25) is 0 Å². The Hall–Kier alpha value is -2.67. The highest BCUT2D eigenvalue weighted by atomic mass is 15.2. The van der Waals surface area contributed by atoms with Crippen LogP contribution in [0.15, 0.2) is 30.7 Å². The number of rotatable bonds is 3. The van der Waals surface area contributed by atoms with Gasteiger partial charge in [-0.25, -0.2) is 15.0 Å². The van der Waals surface area contributed by atoms with Crippen molar-refractivity contribution >= 4 is 22.7 Å². The van der Waals surface area contributed by atoms with Gasteiger partial charge in [0.15, 0.2) is 0 Å². The standard InChI is InChI=1S/C16H19N7/c17-7-10-3-6-23(9-10)13-2-5-19-15-14(13)11(8-21-15)12-1-4-20-16(18)22-12/h1-2,4-5,8,10H,3,6-7,9,17H2,(H,19,21)(H2,18,20,22). The third-order valence-electron chi connectivity index (χ3n) is 4.46. The summed E-state index contributed by atoms with van der Waals surface area (Å²) < 4.78 is 0. The van der Waals surface area contributed by atoms with Crippen LogP contribution in [0.3, 0.4) is 0 Å². The predicted octanol–water partition coefficient (Wildman–Crippen LogP) is 1.39. The lowest BCUT2D eigenvalue weighted by Crippen LogP contribution is -2.22. The van der Waals surface area contributed by atoms with Crippen molar-refractivity contribution in [2.75, 3.05) is 30.3 Å². The third kappa shape index (κ3) is 2.39. The molecule has 7 heteroatoms. The fraction of sp³-hybridized carbons (Fsp3) is 0.312. The molecule has 0 spiro atoms. The Balaban J connectivity index is 1.84. The Labute approximate surface area is 133 Å². The maximum absolute atomic E-state index is 5.83. The predicted molar refractivity (Wildman–Crippen MR) is 90.9 cm³/mol. The summed E-state index contributed by atoms with van der Waals surface area (Å²) in [6.45, 7) is 2.72. The van der Waals surface area contributed by atoms with E-state index in [0.717, 1.165) is 48.3 Å². The first-order valence-corrected chi connectivity index (χ1v) is 7.76. The molecule has 4 heterocycles. The van der Waals surface area contributed by atoms with E-state index in [4.69, 9.17) is 11.5 Å². The van der Waals surface area contributed by atoms with Crippen molar-refractivity contribution in [3.63, 3.8) is 0 Å². The largest absolute Gasteiger partial charge is 0.371 e. The fourth-order valence-electron chi connectivity index (χ4n) is 3.27. The number of hydrogen-bond acceptors (Lipinski definition) is 6. The van der Waals surface area contributed by atoms with Gasteiger partial charge in [0, 0.05) is 42.9 Å². The molecule has 0 bridgehead atoms. The SMILES string of the molecule is NCC1CCN(c2ccnc3[nH]cc(-c4ccnc(N)n4)c23)C1. The van der Waals surface area contributed by atoms with Gasteiger partial charge in [-0.2, -0.15) is 0 Å². The van der Waals surface area contributed by atoms with Crippen LogP contribution in [0.4, 0.5) is 11.6 Å². The molecule has 3 aromatic heterocycles. The molecular formula is C16H19N7. The molecule has 4 rings (SSSR count). The molecule has 0 radical (unpaired) electrons. The number of fused-ring (bicyclic) bond motifs is 1. The van der Waals surface area contributed by atoms with Crippen LogP contribution in [-0.4, -0.2) is 39.6 Å². The average Bonchev–Trinajstić information content (AvgIpc) is 3.21. The molecule has 0 aliphatic carbocycles. The number of nitrogens with one attached hydrogen (secondary N) is 1. The molecule has 1 atom stereocenters. The molecule has 1 saturated heterocycles. The van der Waals surface area contributed by atoms with Gasteiger partial charge in [-0.05, 0) is 31.0 Å². The molecule has 1 aliphatic rings. The topological polar surface area (TPSA) is 110 Å². The second kappa shape index (κ2) is 5.51. The van der Waals surface area contributed by atoms with E-state index in [-0.39, 0.29) is 5.95 Å². The average molecular weight is 309 g/mol. The Bertz CT molecular complexity index is 841. The van der Waals surface area contributed by atoms with Crippen molar-refractivity contribution in [3.05, 3.63) is 30.7 Å². The summed E-state index contributed by atoms with van der Waals surface area (Å²) in [4.78, 5) is 18.4. The zero-order chi connectivity index (χ0) is 15.8. The van der Waals surface area contributed by atoms with E-state index in [0.29, 0.717) is 5.92 Å². The van der Waals surface area contributed by atoms with E-state index in [1.165, 1.54) is 5.69 Å². The summed E-state index contributed by atoms with van der Waals surface area (Å²) in [5, 5.41) is 1.07. The molecule has 0 saturated carbocycles. The Morgan fingerprint density at radius 1 is 1.26 bits per heavy atom. The van der Waals surface area contributed by atoms with Crippen LogP contribution in [0, 0.1) is 5.92 Å². The van der Waals surface area contributed by atoms with Crippen molar-refractivity contribution in [1.29, 1.82) is 0 Å². The molecule has 0 aromatic carbocycles. The summed E-state index contributed by atoms with van der Waals surface area (Å²) in [6, 6.07) is 3.92. The van der Waals surface area contributed by atoms with E-state index < -0.39 is 0 Å². The molecule has 0 amide bonds. The zero-order valence-electron chi connectivity index (χ0n) is 12.7. The van der Waals surface area contributed by atoms with Crippen molar-refractivity contribution in [1.82, 2.24) is 19.9 Å². The summed E-state index contributed by atoms with van der Waals surface area (Å²) >= 11 is 0. The Morgan fingerprint density at radius 2 is 2.13 bits per heavy atom. The lowest BCUT2D eigenvalue weighted by Gasteiger charge is -2.20. The molecule has 3 aromatic rings. The summed E-state index contributed by atoms with van der Waals surface area (Å²) in [5.74, 6) is 0.821. The first kappa shape index (κ1) is 14.0. The van der Waals surface area contributed by atoms with Gasteiger partial charge in [-0.15, -0.1) is 0 Å². The molecule has 5 N–H and O–H groups in total. The van der Waals surface area contributed by atoms with Crippen molar-refractivity contribution in [2.24, 2.45) is 11.7 Å². The number of pyridine rings is 1. The smallest absolute Gasteiger partial charge is 0.220 e. The molecule has 118 valence electrons. The van der Waals surface area contributed by atoms with Crippen LogP contribution >= 0.6 is 0 Å². The maximum atomic E-state index is 5.83. The third-order valence-corrected chi connectivity index (χ3v) is 4.46. The van der Waals surface area contributed by atoms with Crippen molar-refractivity contribution in [3.8, 4) is 11.3 Å². The van der Waals surface area contributed by atoms with Crippen LogP contribution in [0.25, 0.3) is 22.3 Å². The van der Waals surface area contributed by atoms with E-state index in [9.17, 15) is 0 Å². The van der Waals surface area contributed by atoms with Gasteiger partial charge < -0.3 is 21.4 Å². The Morgan fingerprint density at radius 3 is 2.91 bits per heavy atom. The van der Waals surface area contributed by atoms with Gasteiger partial charge in [0.2, 0.25) is 5.95 Å². The fourth-order valence-corrected chi connectivity index (χ4v) is 3.27. The monoisotopic (exact) mass is 309 g/mol. The lowest BCUT2D eigenvalue weighted by molar-refractivity contribution is 0.603. The van der Waals surface area contributed by atoms with Gasteiger partial charge in [0.1, 0.15) is 5.65 Å². The second-order valence-corrected chi connectivity index (χ2v) is 5.89. The minimum absolute atomic E-state index is 0.270. The quantitative estimate of drug-likeness (QED) is 0.674. The number of nitrogen functional groups attached to an aromatic ring is 1. The summed E-state index contributed by atoms with van der Waals surface area (Å²) in [5.41, 5.74) is 15.4. The van der Waals surface area contributed by atoms with Crippen LogP contribution in [-0.2, 0) is 0 Å². The van der Waals surface area contributed by atoms with Crippen molar-refractivity contribution < 1.29 is 0 Å². The highest BCUT2D eigenvalue weighted by Crippen LogP contribution is 2.36. The minimum atomic E-state index is 0.270. The molecular weight excluding hydrogens is 290 g/mol. The minimum Gasteiger partial charge on any atom is -0.371 e. The van der Waals surface area contributed by atoms with Crippen LogP contribution in [0.2, 0.25) is 0 Å². The maximum Gasteiger partial charge on any atom is 0.220 e. The number of aromatic amines is 1. The number of anilines is 2. The first-order valence-electron chi connectivity index (χ1n) is 7.76. The molecule has 1 unspecified atom stereocenters. The summed E-state index contributed by atoms with van der Waals surface area (Å²) in [7, 11) is 0. The molecule has 23 heavy (non-hydrogen) atoms. The molecule has 7 nitrogen and oxygen atoms in total.